The molecule has 0 radical (unpaired) electrons. The Kier molecular flexibility index (Phi) is 6.15. The first-order valence-electron chi connectivity index (χ1n) is 9.52. The summed E-state index contributed by atoms with van der Waals surface area (Å²) >= 11 is 9.28. The molecule has 4 rings (SSSR count). The van der Waals surface area contributed by atoms with Crippen molar-refractivity contribution in [3.8, 4) is 11.3 Å². The van der Waals surface area contributed by atoms with Gasteiger partial charge in [0.2, 0.25) is 5.91 Å². The van der Waals surface area contributed by atoms with Crippen molar-refractivity contribution in [1.29, 1.82) is 0 Å². The summed E-state index contributed by atoms with van der Waals surface area (Å²) in [6, 6.07) is 10.8. The van der Waals surface area contributed by atoms with Gasteiger partial charge in [-0.2, -0.15) is 5.10 Å². The first kappa shape index (κ1) is 20.6. The number of aromatic nitrogens is 3. The summed E-state index contributed by atoms with van der Waals surface area (Å²) in [6.07, 6.45) is 4.38. The van der Waals surface area contributed by atoms with Crippen molar-refractivity contribution in [3.05, 3.63) is 63.9 Å². The van der Waals surface area contributed by atoms with Gasteiger partial charge >= 0.3 is 0 Å². The van der Waals surface area contributed by atoms with Gasteiger partial charge in [-0.3, -0.25) is 14.7 Å². The van der Waals surface area contributed by atoms with Gasteiger partial charge in [0.1, 0.15) is 5.82 Å². The van der Waals surface area contributed by atoms with Crippen LogP contribution in [-0.4, -0.2) is 45.0 Å². The molecule has 0 bridgehead atoms. The van der Waals surface area contributed by atoms with Gasteiger partial charge in [0, 0.05) is 40.3 Å². The first-order chi connectivity index (χ1) is 14.5. The minimum absolute atomic E-state index is 0.0675. The smallest absolute Gasteiger partial charge is 0.257 e. The molecule has 1 saturated heterocycles. The van der Waals surface area contributed by atoms with E-state index in [1.807, 2.05) is 18.2 Å². The van der Waals surface area contributed by atoms with E-state index >= 15 is 0 Å². The Labute approximate surface area is 187 Å². The highest BCUT2D eigenvalue weighted by Gasteiger charge is 2.29. The van der Waals surface area contributed by atoms with E-state index in [-0.39, 0.29) is 17.7 Å². The van der Waals surface area contributed by atoms with Crippen LogP contribution in [0.15, 0.2) is 53.3 Å². The molecule has 0 aliphatic carbocycles. The summed E-state index contributed by atoms with van der Waals surface area (Å²) in [6.45, 7) is 1.02. The van der Waals surface area contributed by atoms with Crippen LogP contribution >= 0.6 is 27.5 Å². The molecular formula is C21H19BrClN5O2. The number of hydrogen-bond donors (Lipinski definition) is 2. The van der Waals surface area contributed by atoms with Crippen molar-refractivity contribution in [2.24, 2.45) is 5.92 Å². The van der Waals surface area contributed by atoms with Crippen LogP contribution in [0, 0.1) is 5.92 Å². The van der Waals surface area contributed by atoms with Crippen molar-refractivity contribution >= 4 is 45.2 Å². The number of anilines is 1. The van der Waals surface area contributed by atoms with Gasteiger partial charge in [0.25, 0.3) is 5.91 Å². The number of carbonyl (C=O) groups excluding carboxylic acids is 2. The molecule has 0 saturated carbocycles. The molecule has 30 heavy (non-hydrogen) atoms. The lowest BCUT2D eigenvalue weighted by molar-refractivity contribution is -0.121. The molecule has 3 aromatic rings. The second-order valence-electron chi connectivity index (χ2n) is 7.08. The summed E-state index contributed by atoms with van der Waals surface area (Å²) in [5.41, 5.74) is 2.02. The van der Waals surface area contributed by atoms with Crippen molar-refractivity contribution in [2.75, 3.05) is 18.4 Å². The molecule has 0 unspecified atom stereocenters. The fraction of sp³-hybridized carbons (Fsp3) is 0.238. The van der Waals surface area contributed by atoms with Crippen LogP contribution in [-0.2, 0) is 4.79 Å². The molecule has 0 atom stereocenters. The number of hydrogen-bond acceptors (Lipinski definition) is 4. The molecule has 1 fully saturated rings. The topological polar surface area (TPSA) is 91.0 Å². The fourth-order valence-electron chi connectivity index (χ4n) is 3.48. The van der Waals surface area contributed by atoms with Gasteiger partial charge in [-0.1, -0.05) is 23.7 Å². The number of nitrogens with one attached hydrogen (secondary N) is 2. The Bertz CT molecular complexity index is 1040. The maximum absolute atomic E-state index is 13.0. The fourth-order valence-corrected chi connectivity index (χ4v) is 3.84. The predicted molar refractivity (Wildman–Crippen MR) is 118 cm³/mol. The van der Waals surface area contributed by atoms with Crippen molar-refractivity contribution < 1.29 is 9.59 Å². The van der Waals surface area contributed by atoms with Crippen LogP contribution in [0.25, 0.3) is 11.3 Å². The quantitative estimate of drug-likeness (QED) is 0.570. The molecule has 1 aliphatic rings. The average Bonchev–Trinajstić information content (AvgIpc) is 3.25. The zero-order valence-corrected chi connectivity index (χ0v) is 18.3. The van der Waals surface area contributed by atoms with E-state index in [0.717, 1.165) is 10.0 Å². The average molecular weight is 489 g/mol. The number of pyridine rings is 1. The number of piperidine rings is 1. The zero-order chi connectivity index (χ0) is 21.1. The molecule has 9 heteroatoms. The van der Waals surface area contributed by atoms with Gasteiger partial charge in [-0.15, -0.1) is 0 Å². The number of likely N-dealkylation sites (tertiary alicyclic amines) is 1. The van der Waals surface area contributed by atoms with Gasteiger partial charge in [0.05, 0.1) is 17.5 Å². The van der Waals surface area contributed by atoms with Gasteiger partial charge < -0.3 is 10.2 Å². The summed E-state index contributed by atoms with van der Waals surface area (Å²) in [5, 5.41) is 10.4. The second-order valence-corrected chi connectivity index (χ2v) is 8.44. The third kappa shape index (κ3) is 4.55. The third-order valence-corrected chi connectivity index (χ3v) is 5.86. The molecule has 1 aliphatic heterocycles. The molecule has 7 nitrogen and oxygen atoms in total. The molecule has 154 valence electrons. The van der Waals surface area contributed by atoms with E-state index in [2.05, 4.69) is 36.4 Å². The highest BCUT2D eigenvalue weighted by Crippen LogP contribution is 2.26. The third-order valence-electron chi connectivity index (χ3n) is 5.13. The van der Waals surface area contributed by atoms with E-state index in [9.17, 15) is 9.59 Å². The molecule has 1 aromatic carbocycles. The predicted octanol–water partition coefficient (Wildman–Crippen LogP) is 4.38. The number of halogens is 2. The number of rotatable bonds is 4. The minimum Gasteiger partial charge on any atom is -0.338 e. The lowest BCUT2D eigenvalue weighted by Crippen LogP contribution is -2.41. The Morgan fingerprint density at radius 1 is 1.10 bits per heavy atom. The zero-order valence-electron chi connectivity index (χ0n) is 15.9. The van der Waals surface area contributed by atoms with Crippen molar-refractivity contribution in [3.63, 3.8) is 0 Å². The van der Waals surface area contributed by atoms with Gasteiger partial charge in [-0.05, 0) is 53.0 Å². The van der Waals surface area contributed by atoms with Crippen LogP contribution < -0.4 is 5.32 Å². The Balaban J connectivity index is 1.38. The van der Waals surface area contributed by atoms with Crippen LogP contribution in [0.4, 0.5) is 5.82 Å². The monoisotopic (exact) mass is 487 g/mol. The minimum atomic E-state index is -0.153. The molecule has 2 aromatic heterocycles. The first-order valence-corrected chi connectivity index (χ1v) is 10.7. The van der Waals surface area contributed by atoms with Crippen LogP contribution in [0.5, 0.6) is 0 Å². The van der Waals surface area contributed by atoms with Crippen LogP contribution in [0.1, 0.15) is 23.2 Å². The number of nitrogens with zero attached hydrogens (tertiary/aromatic N) is 3. The Morgan fingerprint density at radius 3 is 2.50 bits per heavy atom. The van der Waals surface area contributed by atoms with Crippen LogP contribution in [0.3, 0.4) is 0 Å². The van der Waals surface area contributed by atoms with Gasteiger partial charge in [-0.25, -0.2) is 4.98 Å². The lowest BCUT2D eigenvalue weighted by Gasteiger charge is -2.31. The highest BCUT2D eigenvalue weighted by molar-refractivity contribution is 9.10. The number of aromatic amines is 1. The molecule has 3 heterocycles. The van der Waals surface area contributed by atoms with Crippen molar-refractivity contribution in [2.45, 2.75) is 12.8 Å². The van der Waals surface area contributed by atoms with E-state index in [0.29, 0.717) is 48.0 Å². The molecular weight excluding hydrogens is 470 g/mol. The van der Waals surface area contributed by atoms with E-state index in [1.165, 1.54) is 0 Å². The summed E-state index contributed by atoms with van der Waals surface area (Å²) < 4.78 is 0.851. The largest absolute Gasteiger partial charge is 0.338 e. The normalized spacial score (nSPS) is 14.5. The van der Waals surface area contributed by atoms with E-state index < -0.39 is 0 Å². The molecule has 2 amide bonds. The number of H-pyrrole nitrogens is 1. The molecule has 0 spiro atoms. The Hall–Kier alpha value is -2.71. The summed E-state index contributed by atoms with van der Waals surface area (Å²) in [4.78, 5) is 31.5. The second kappa shape index (κ2) is 8.97. The van der Waals surface area contributed by atoms with E-state index in [1.54, 1.807) is 35.5 Å². The van der Waals surface area contributed by atoms with Gasteiger partial charge in [0.15, 0.2) is 0 Å². The maximum atomic E-state index is 13.0. The van der Waals surface area contributed by atoms with Crippen molar-refractivity contribution in [1.82, 2.24) is 20.1 Å². The molecule has 2 N–H and O–H groups in total. The maximum Gasteiger partial charge on any atom is 0.257 e. The standard InChI is InChI=1S/C21H19BrClN5O2/c22-15-3-6-18(24-11-15)26-20(29)14-7-9-28(10-8-14)21(30)17-12-25-27-19(17)13-1-4-16(23)5-2-13/h1-6,11-12,14H,7-10H2,(H,25,27)(H,24,26,29). The highest BCUT2D eigenvalue weighted by atomic mass is 79.9. The number of carbonyl (C=O) groups is 2. The Morgan fingerprint density at radius 2 is 1.83 bits per heavy atom. The van der Waals surface area contributed by atoms with E-state index in [4.69, 9.17) is 11.6 Å². The number of amides is 2. The summed E-state index contributed by atoms with van der Waals surface area (Å²) in [7, 11) is 0. The lowest BCUT2D eigenvalue weighted by atomic mass is 9.95. The van der Waals surface area contributed by atoms with Crippen LogP contribution in [0.2, 0.25) is 5.02 Å². The number of benzene rings is 1. The summed E-state index contributed by atoms with van der Waals surface area (Å²) in [5.74, 6) is 0.205. The SMILES string of the molecule is O=C(Nc1ccc(Br)cn1)C1CCN(C(=O)c2cn[nH]c2-c2ccc(Cl)cc2)CC1.